The lowest BCUT2D eigenvalue weighted by molar-refractivity contribution is -0.385. The molecule has 1 amide bonds. The smallest absolute Gasteiger partial charge is 0.273 e. The highest BCUT2D eigenvalue weighted by Gasteiger charge is 2.15. The van der Waals surface area contributed by atoms with Gasteiger partial charge in [-0.2, -0.15) is 10.4 Å². The van der Waals surface area contributed by atoms with Crippen LogP contribution in [-0.2, 0) is 17.8 Å². The van der Waals surface area contributed by atoms with E-state index in [1.807, 2.05) is 24.3 Å². The lowest BCUT2D eigenvalue weighted by Crippen LogP contribution is -2.20. The first-order valence-electron chi connectivity index (χ1n) is 9.53. The summed E-state index contributed by atoms with van der Waals surface area (Å²) in [5, 5.41) is 24.4. The number of hydrogen-bond acceptors (Lipinski definition) is 6. The van der Waals surface area contributed by atoms with Crippen LogP contribution in [0.4, 0.5) is 5.69 Å². The van der Waals surface area contributed by atoms with Gasteiger partial charge in [0.25, 0.3) is 5.69 Å². The summed E-state index contributed by atoms with van der Waals surface area (Å²) in [6.45, 7) is 0.200. The standard InChI is InChI=1S/C23H16I2N4O4/c24-19-9-18(13-27-28-22(30)10-15-5-3-4-8-21(15)29(31)32)23(20(25)11-19)33-14-17-7-2-1-6-16(17)12-26/h1-9,11,13H,10,14H2,(H,28,30)/b27-13+. The van der Waals surface area contributed by atoms with Crippen molar-refractivity contribution in [3.63, 3.8) is 0 Å². The first-order chi connectivity index (χ1) is 15.9. The number of hydrazone groups is 1. The second-order valence-corrected chi connectivity index (χ2v) is 9.13. The average Bonchev–Trinajstić information content (AvgIpc) is 2.78. The minimum atomic E-state index is -0.520. The van der Waals surface area contributed by atoms with Crippen molar-refractivity contribution in [2.24, 2.45) is 5.10 Å². The van der Waals surface area contributed by atoms with E-state index >= 15 is 0 Å². The first-order valence-corrected chi connectivity index (χ1v) is 11.7. The third-order valence-electron chi connectivity index (χ3n) is 4.48. The van der Waals surface area contributed by atoms with E-state index in [0.717, 1.165) is 12.7 Å². The number of ether oxygens (including phenoxy) is 1. The molecule has 0 atom stereocenters. The highest BCUT2D eigenvalue weighted by molar-refractivity contribution is 14.1. The van der Waals surface area contributed by atoms with Gasteiger partial charge < -0.3 is 4.74 Å². The second-order valence-electron chi connectivity index (χ2n) is 6.72. The molecule has 0 aliphatic heterocycles. The monoisotopic (exact) mass is 666 g/mol. The number of nitrogens with zero attached hydrogens (tertiary/aromatic N) is 3. The summed E-state index contributed by atoms with van der Waals surface area (Å²) in [4.78, 5) is 22.9. The van der Waals surface area contributed by atoms with Gasteiger partial charge in [0.05, 0.1) is 32.8 Å². The Bertz CT molecular complexity index is 1270. The number of nitriles is 1. The van der Waals surface area contributed by atoms with Crippen LogP contribution < -0.4 is 10.2 Å². The van der Waals surface area contributed by atoms with Crippen molar-refractivity contribution < 1.29 is 14.5 Å². The second kappa shape index (κ2) is 11.7. The van der Waals surface area contributed by atoms with Crippen molar-refractivity contribution in [1.29, 1.82) is 5.26 Å². The molecule has 0 aliphatic rings. The highest BCUT2D eigenvalue weighted by atomic mass is 127. The Balaban J connectivity index is 1.73. The fourth-order valence-electron chi connectivity index (χ4n) is 2.96. The summed E-state index contributed by atoms with van der Waals surface area (Å²) in [7, 11) is 0. The molecular weight excluding hydrogens is 650 g/mol. The van der Waals surface area contributed by atoms with Crippen LogP contribution in [0.1, 0.15) is 22.3 Å². The summed E-state index contributed by atoms with van der Waals surface area (Å²) in [5.74, 6) is 0.0896. The van der Waals surface area contributed by atoms with Gasteiger partial charge in [0.2, 0.25) is 5.91 Å². The molecule has 10 heteroatoms. The number of para-hydroxylation sites is 1. The molecule has 0 radical (unpaired) electrons. The van der Waals surface area contributed by atoms with Gasteiger partial charge in [-0.3, -0.25) is 14.9 Å². The molecule has 0 saturated heterocycles. The molecule has 166 valence electrons. The first kappa shape index (κ1) is 24.6. The molecule has 3 rings (SSSR count). The molecule has 0 unspecified atom stereocenters. The zero-order chi connectivity index (χ0) is 23.8. The third-order valence-corrected chi connectivity index (χ3v) is 5.90. The molecule has 0 fully saturated rings. The molecule has 0 aromatic heterocycles. The number of hydrogen-bond donors (Lipinski definition) is 1. The normalized spacial score (nSPS) is 10.6. The Morgan fingerprint density at radius 3 is 2.58 bits per heavy atom. The summed E-state index contributed by atoms with van der Waals surface area (Å²) >= 11 is 4.33. The van der Waals surface area contributed by atoms with Crippen molar-refractivity contribution in [2.45, 2.75) is 13.0 Å². The summed E-state index contributed by atoms with van der Waals surface area (Å²) in [6, 6.07) is 19.2. The van der Waals surface area contributed by atoms with Crippen LogP contribution in [0.2, 0.25) is 0 Å². The van der Waals surface area contributed by atoms with Crippen LogP contribution in [0.25, 0.3) is 0 Å². The van der Waals surface area contributed by atoms with Crippen LogP contribution in [0.5, 0.6) is 5.75 Å². The van der Waals surface area contributed by atoms with Crippen molar-refractivity contribution in [1.82, 2.24) is 5.43 Å². The van der Waals surface area contributed by atoms with E-state index in [-0.39, 0.29) is 18.7 Å². The van der Waals surface area contributed by atoms with Crippen molar-refractivity contribution in [3.8, 4) is 11.8 Å². The van der Waals surface area contributed by atoms with Crippen molar-refractivity contribution in [2.75, 3.05) is 0 Å². The number of rotatable bonds is 8. The summed E-state index contributed by atoms with van der Waals surface area (Å²) < 4.78 is 7.81. The summed E-state index contributed by atoms with van der Waals surface area (Å²) in [6.07, 6.45) is 1.29. The molecule has 0 aliphatic carbocycles. The number of amides is 1. The van der Waals surface area contributed by atoms with Gasteiger partial charge in [-0.15, -0.1) is 0 Å². The van der Waals surface area contributed by atoms with Gasteiger partial charge in [-0.1, -0.05) is 36.4 Å². The van der Waals surface area contributed by atoms with Crippen molar-refractivity contribution >= 4 is 63.0 Å². The number of halogens is 2. The molecule has 0 spiro atoms. The minimum absolute atomic E-state index is 0.114. The molecular formula is C23H16I2N4O4. The van der Waals surface area contributed by atoms with Crippen LogP contribution in [0.15, 0.2) is 65.8 Å². The predicted octanol–water partition coefficient (Wildman–Crippen LogP) is 4.95. The van der Waals surface area contributed by atoms with Crippen LogP contribution >= 0.6 is 45.2 Å². The molecule has 0 saturated carbocycles. The number of benzene rings is 3. The molecule has 33 heavy (non-hydrogen) atoms. The van der Waals surface area contributed by atoms with Gasteiger partial charge >= 0.3 is 0 Å². The predicted molar refractivity (Wildman–Crippen MR) is 140 cm³/mol. The Labute approximate surface area is 217 Å². The number of nitro groups is 1. The van der Waals surface area contributed by atoms with E-state index < -0.39 is 10.8 Å². The topological polar surface area (TPSA) is 118 Å². The fourth-order valence-corrected chi connectivity index (χ4v) is 5.00. The maximum absolute atomic E-state index is 12.3. The molecule has 8 nitrogen and oxygen atoms in total. The molecule has 0 bridgehead atoms. The Kier molecular flexibility index (Phi) is 8.72. The number of carbonyl (C=O) groups is 1. The Morgan fingerprint density at radius 2 is 1.85 bits per heavy atom. The van der Waals surface area contributed by atoms with E-state index in [1.165, 1.54) is 18.3 Å². The van der Waals surface area contributed by atoms with Crippen molar-refractivity contribution in [3.05, 3.63) is 100 Å². The zero-order valence-corrected chi connectivity index (χ0v) is 21.3. The summed E-state index contributed by atoms with van der Waals surface area (Å²) in [5.41, 5.74) is 4.54. The van der Waals surface area contributed by atoms with E-state index in [0.29, 0.717) is 22.4 Å². The Hall–Kier alpha value is -3.05. The minimum Gasteiger partial charge on any atom is -0.487 e. The van der Waals surface area contributed by atoms with E-state index in [9.17, 15) is 20.2 Å². The number of nitro benzene ring substituents is 1. The van der Waals surface area contributed by atoms with Gasteiger partial charge in [-0.25, -0.2) is 5.43 Å². The molecule has 3 aromatic carbocycles. The largest absolute Gasteiger partial charge is 0.487 e. The van der Waals surface area contributed by atoms with Gasteiger partial charge in [0, 0.05) is 26.3 Å². The van der Waals surface area contributed by atoms with Crippen LogP contribution in [0.3, 0.4) is 0 Å². The van der Waals surface area contributed by atoms with Crippen LogP contribution in [0, 0.1) is 28.6 Å². The Morgan fingerprint density at radius 1 is 1.15 bits per heavy atom. The molecule has 3 aromatic rings. The number of carbonyl (C=O) groups excluding carboxylic acids is 1. The lowest BCUT2D eigenvalue weighted by Gasteiger charge is -2.13. The lowest BCUT2D eigenvalue weighted by atomic mass is 10.1. The average molecular weight is 666 g/mol. The van der Waals surface area contributed by atoms with E-state index in [4.69, 9.17) is 4.74 Å². The van der Waals surface area contributed by atoms with Gasteiger partial charge in [0.15, 0.2) is 0 Å². The maximum Gasteiger partial charge on any atom is 0.273 e. The quantitative estimate of drug-likeness (QED) is 0.158. The fraction of sp³-hybridized carbons (Fsp3) is 0.0870. The van der Waals surface area contributed by atoms with E-state index in [2.05, 4.69) is 61.8 Å². The zero-order valence-electron chi connectivity index (χ0n) is 17.0. The van der Waals surface area contributed by atoms with Crippen LogP contribution in [-0.4, -0.2) is 17.0 Å². The molecule has 0 heterocycles. The molecule has 1 N–H and O–H groups in total. The number of nitrogens with one attached hydrogen (secondary N) is 1. The van der Waals surface area contributed by atoms with Gasteiger partial charge in [-0.05, 0) is 63.4 Å². The third kappa shape index (κ3) is 6.72. The van der Waals surface area contributed by atoms with Gasteiger partial charge in [0.1, 0.15) is 12.4 Å². The van der Waals surface area contributed by atoms with E-state index in [1.54, 1.807) is 24.3 Å². The maximum atomic E-state index is 12.3. The highest BCUT2D eigenvalue weighted by Crippen LogP contribution is 2.28. The SMILES string of the molecule is N#Cc1ccccc1COc1c(I)cc(I)cc1/C=N/NC(=O)Cc1ccccc1[N+](=O)[O-].